The van der Waals surface area contributed by atoms with Crippen molar-refractivity contribution in [2.24, 2.45) is 7.05 Å². The normalized spacial score (nSPS) is 19.5. The van der Waals surface area contributed by atoms with Crippen LogP contribution in [0.15, 0.2) is 6.07 Å². The van der Waals surface area contributed by atoms with Gasteiger partial charge in [-0.2, -0.15) is 5.10 Å². The van der Waals surface area contributed by atoms with Gasteiger partial charge in [0, 0.05) is 38.0 Å². The first-order valence-electron chi connectivity index (χ1n) is 6.81. The number of carbonyl (C=O) groups excluding carboxylic acids is 1. The molecule has 0 bridgehead atoms. The van der Waals surface area contributed by atoms with Crippen molar-refractivity contribution in [2.45, 2.75) is 38.6 Å². The third kappa shape index (κ3) is 3.26. The first kappa shape index (κ1) is 13.9. The quantitative estimate of drug-likeness (QED) is 0.871. The number of rotatable bonds is 3. The first-order chi connectivity index (χ1) is 9.11. The van der Waals surface area contributed by atoms with Crippen molar-refractivity contribution in [1.82, 2.24) is 14.7 Å². The number of likely N-dealkylation sites (tertiary alicyclic amines) is 1. The summed E-state index contributed by atoms with van der Waals surface area (Å²) in [6, 6.07) is 1.88. The summed E-state index contributed by atoms with van der Waals surface area (Å²) in [5.41, 5.74) is 1.00. The van der Waals surface area contributed by atoms with Crippen molar-refractivity contribution < 1.29 is 9.90 Å². The van der Waals surface area contributed by atoms with Crippen LogP contribution in [-0.2, 0) is 7.05 Å². The second-order valence-corrected chi connectivity index (χ2v) is 5.08. The van der Waals surface area contributed by atoms with Crippen LogP contribution in [0.2, 0.25) is 0 Å². The van der Waals surface area contributed by atoms with Gasteiger partial charge in [-0.05, 0) is 32.6 Å². The maximum Gasteiger partial charge on any atom is 0.323 e. The van der Waals surface area contributed by atoms with E-state index in [0.29, 0.717) is 12.2 Å². The van der Waals surface area contributed by atoms with Gasteiger partial charge in [-0.25, -0.2) is 4.79 Å². The number of carbonyl (C=O) groups is 1. The van der Waals surface area contributed by atoms with E-state index in [4.69, 9.17) is 5.11 Å². The maximum absolute atomic E-state index is 12.3. The van der Waals surface area contributed by atoms with Crippen LogP contribution < -0.4 is 5.32 Å². The van der Waals surface area contributed by atoms with Gasteiger partial charge in [0.15, 0.2) is 5.82 Å². The van der Waals surface area contributed by atoms with Gasteiger partial charge in [-0.1, -0.05) is 0 Å². The van der Waals surface area contributed by atoms with E-state index >= 15 is 0 Å². The number of hydrogen-bond acceptors (Lipinski definition) is 3. The molecule has 1 unspecified atom stereocenters. The highest BCUT2D eigenvalue weighted by molar-refractivity contribution is 5.88. The highest BCUT2D eigenvalue weighted by Gasteiger charge is 2.26. The molecule has 2 rings (SSSR count). The van der Waals surface area contributed by atoms with Gasteiger partial charge in [-0.15, -0.1) is 0 Å². The number of amides is 2. The molecule has 0 aromatic carbocycles. The Labute approximate surface area is 113 Å². The second kappa shape index (κ2) is 6.06. The Morgan fingerprint density at radius 1 is 1.58 bits per heavy atom. The second-order valence-electron chi connectivity index (χ2n) is 5.08. The molecule has 19 heavy (non-hydrogen) atoms. The molecule has 1 saturated heterocycles. The van der Waals surface area contributed by atoms with E-state index in [1.54, 1.807) is 4.68 Å². The molecule has 0 saturated carbocycles. The Hall–Kier alpha value is -1.56. The molecule has 2 N–H and O–H groups in total. The van der Waals surface area contributed by atoms with Crippen molar-refractivity contribution in [2.75, 3.05) is 18.5 Å². The third-order valence-corrected chi connectivity index (χ3v) is 3.70. The van der Waals surface area contributed by atoms with Gasteiger partial charge in [0.05, 0.1) is 0 Å². The van der Waals surface area contributed by atoms with E-state index in [1.165, 1.54) is 0 Å². The molecular formula is C13H22N4O2. The summed E-state index contributed by atoms with van der Waals surface area (Å²) < 4.78 is 1.73. The summed E-state index contributed by atoms with van der Waals surface area (Å²) in [5, 5.41) is 16.1. The average molecular weight is 266 g/mol. The summed E-state index contributed by atoms with van der Waals surface area (Å²) in [5.74, 6) is 0.582. The van der Waals surface area contributed by atoms with Crippen LogP contribution in [-0.4, -0.2) is 45.0 Å². The lowest BCUT2D eigenvalue weighted by molar-refractivity contribution is 0.141. The topological polar surface area (TPSA) is 70.4 Å². The van der Waals surface area contributed by atoms with Crippen LogP contribution in [0.4, 0.5) is 10.6 Å². The number of aliphatic hydroxyl groups excluding tert-OH is 1. The molecule has 6 nitrogen and oxygen atoms in total. The molecule has 106 valence electrons. The molecule has 1 aromatic rings. The fourth-order valence-corrected chi connectivity index (χ4v) is 2.52. The van der Waals surface area contributed by atoms with Crippen LogP contribution in [0, 0.1) is 6.92 Å². The summed E-state index contributed by atoms with van der Waals surface area (Å²) in [4.78, 5) is 14.1. The van der Waals surface area contributed by atoms with Crippen molar-refractivity contribution in [3.63, 3.8) is 0 Å². The van der Waals surface area contributed by atoms with Gasteiger partial charge in [0.25, 0.3) is 0 Å². The van der Waals surface area contributed by atoms with Crippen molar-refractivity contribution >= 4 is 11.8 Å². The molecule has 0 spiro atoms. The molecule has 1 aliphatic rings. The molecule has 0 aliphatic carbocycles. The van der Waals surface area contributed by atoms with Crippen LogP contribution in [0.3, 0.4) is 0 Å². The summed E-state index contributed by atoms with van der Waals surface area (Å²) in [6.45, 7) is 2.82. The van der Waals surface area contributed by atoms with Crippen LogP contribution in [0.25, 0.3) is 0 Å². The number of nitrogens with zero attached hydrogens (tertiary/aromatic N) is 3. The summed E-state index contributed by atoms with van der Waals surface area (Å²) in [6.07, 6.45) is 3.76. The average Bonchev–Trinajstić information content (AvgIpc) is 2.69. The lowest BCUT2D eigenvalue weighted by Crippen LogP contribution is -2.46. The Kier molecular flexibility index (Phi) is 4.42. The molecular weight excluding hydrogens is 244 g/mol. The minimum absolute atomic E-state index is 0.115. The zero-order valence-corrected chi connectivity index (χ0v) is 11.6. The van der Waals surface area contributed by atoms with E-state index in [0.717, 1.165) is 31.5 Å². The number of piperidine rings is 1. The van der Waals surface area contributed by atoms with Crippen LogP contribution in [0.1, 0.15) is 31.4 Å². The Balaban J connectivity index is 2.01. The summed E-state index contributed by atoms with van der Waals surface area (Å²) in [7, 11) is 1.85. The van der Waals surface area contributed by atoms with Crippen molar-refractivity contribution in [1.29, 1.82) is 0 Å². The number of aromatic nitrogens is 2. The number of urea groups is 1. The lowest BCUT2D eigenvalue weighted by atomic mass is 10.0. The van der Waals surface area contributed by atoms with E-state index in [-0.39, 0.29) is 18.7 Å². The zero-order chi connectivity index (χ0) is 13.8. The van der Waals surface area contributed by atoms with Gasteiger partial charge < -0.3 is 10.0 Å². The molecule has 1 fully saturated rings. The molecule has 2 amide bonds. The highest BCUT2D eigenvalue weighted by atomic mass is 16.3. The van der Waals surface area contributed by atoms with E-state index in [9.17, 15) is 4.79 Å². The number of aryl methyl sites for hydroxylation is 2. The Morgan fingerprint density at radius 3 is 3.00 bits per heavy atom. The smallest absolute Gasteiger partial charge is 0.323 e. The monoisotopic (exact) mass is 266 g/mol. The predicted molar refractivity (Wildman–Crippen MR) is 73.0 cm³/mol. The SMILES string of the molecule is Cc1cc(NC(=O)N2CCCCC2CCO)nn1C. The number of anilines is 1. The number of nitrogens with one attached hydrogen (secondary N) is 1. The third-order valence-electron chi connectivity index (χ3n) is 3.70. The summed E-state index contributed by atoms with van der Waals surface area (Å²) >= 11 is 0. The standard InChI is InChI=1S/C13H22N4O2/c1-10-9-12(15-16(10)2)14-13(19)17-7-4-3-5-11(17)6-8-18/h9,11,18H,3-8H2,1-2H3,(H,14,15,19). The molecule has 1 aliphatic heterocycles. The number of hydrogen-bond donors (Lipinski definition) is 2. The van der Waals surface area contributed by atoms with E-state index < -0.39 is 0 Å². The minimum atomic E-state index is -0.115. The van der Waals surface area contributed by atoms with Gasteiger partial charge in [0.1, 0.15) is 0 Å². The van der Waals surface area contributed by atoms with Gasteiger partial charge >= 0.3 is 6.03 Å². The number of aliphatic hydroxyl groups is 1. The molecule has 2 heterocycles. The largest absolute Gasteiger partial charge is 0.396 e. The molecule has 1 atom stereocenters. The van der Waals surface area contributed by atoms with Gasteiger partial charge in [-0.3, -0.25) is 10.00 Å². The van der Waals surface area contributed by atoms with E-state index in [1.807, 2.05) is 24.9 Å². The first-order valence-corrected chi connectivity index (χ1v) is 6.81. The zero-order valence-electron chi connectivity index (χ0n) is 11.6. The van der Waals surface area contributed by atoms with Crippen LogP contribution >= 0.6 is 0 Å². The fraction of sp³-hybridized carbons (Fsp3) is 0.692. The fourth-order valence-electron chi connectivity index (χ4n) is 2.52. The van der Waals surface area contributed by atoms with Gasteiger partial charge in [0.2, 0.25) is 0 Å². The van der Waals surface area contributed by atoms with E-state index in [2.05, 4.69) is 10.4 Å². The molecule has 6 heteroatoms. The maximum atomic E-state index is 12.3. The lowest BCUT2D eigenvalue weighted by Gasteiger charge is -2.35. The highest BCUT2D eigenvalue weighted by Crippen LogP contribution is 2.20. The Bertz CT molecular complexity index is 422. The Morgan fingerprint density at radius 2 is 2.37 bits per heavy atom. The van der Waals surface area contributed by atoms with Crippen molar-refractivity contribution in [3.05, 3.63) is 11.8 Å². The minimum Gasteiger partial charge on any atom is -0.396 e. The predicted octanol–water partition coefficient (Wildman–Crippen LogP) is 1.50. The molecule has 1 aromatic heterocycles. The van der Waals surface area contributed by atoms with Crippen molar-refractivity contribution in [3.8, 4) is 0 Å². The van der Waals surface area contributed by atoms with Crippen LogP contribution in [0.5, 0.6) is 0 Å². The molecule has 0 radical (unpaired) electrons.